The maximum atomic E-state index is 12.4. The average Bonchev–Trinajstić information content (AvgIpc) is 3.22. The van der Waals surface area contributed by atoms with Crippen LogP contribution in [0.4, 0.5) is 0 Å². The molecular formula is C21H18N4O2S. The SMILES string of the molecule is O=C(CCn1cnc2ccccc2c1=O)NCc1nc(-c2ccccc2)cs1. The van der Waals surface area contributed by atoms with Crippen molar-refractivity contribution in [1.29, 1.82) is 0 Å². The highest BCUT2D eigenvalue weighted by molar-refractivity contribution is 7.09. The van der Waals surface area contributed by atoms with Gasteiger partial charge in [-0.3, -0.25) is 14.2 Å². The zero-order valence-corrected chi connectivity index (χ0v) is 15.9. The second-order valence-corrected chi connectivity index (χ2v) is 7.22. The van der Waals surface area contributed by atoms with E-state index in [4.69, 9.17) is 0 Å². The van der Waals surface area contributed by atoms with Gasteiger partial charge >= 0.3 is 0 Å². The molecule has 2 aromatic heterocycles. The summed E-state index contributed by atoms with van der Waals surface area (Å²) in [6.45, 7) is 0.664. The first-order valence-electron chi connectivity index (χ1n) is 8.91. The lowest BCUT2D eigenvalue weighted by Crippen LogP contribution is -2.27. The molecule has 0 fully saturated rings. The second kappa shape index (κ2) is 8.14. The molecule has 140 valence electrons. The monoisotopic (exact) mass is 390 g/mol. The third kappa shape index (κ3) is 3.99. The van der Waals surface area contributed by atoms with E-state index in [1.807, 2.05) is 41.8 Å². The van der Waals surface area contributed by atoms with Crippen LogP contribution in [0.15, 0.2) is 71.1 Å². The average molecular weight is 390 g/mol. The molecule has 7 heteroatoms. The van der Waals surface area contributed by atoms with Crippen LogP contribution in [0, 0.1) is 0 Å². The summed E-state index contributed by atoms with van der Waals surface area (Å²) in [5, 5.41) is 6.25. The van der Waals surface area contributed by atoms with Gasteiger partial charge in [0.1, 0.15) is 5.01 Å². The predicted octanol–water partition coefficient (Wildman–Crippen LogP) is 3.23. The number of para-hydroxylation sites is 1. The van der Waals surface area contributed by atoms with Crippen LogP contribution < -0.4 is 10.9 Å². The van der Waals surface area contributed by atoms with Crippen molar-refractivity contribution in [3.8, 4) is 11.3 Å². The minimum Gasteiger partial charge on any atom is -0.350 e. The smallest absolute Gasteiger partial charge is 0.261 e. The Hall–Kier alpha value is -3.32. The van der Waals surface area contributed by atoms with E-state index in [0.717, 1.165) is 16.3 Å². The fourth-order valence-corrected chi connectivity index (χ4v) is 3.63. The van der Waals surface area contributed by atoms with Crippen molar-refractivity contribution in [1.82, 2.24) is 19.9 Å². The van der Waals surface area contributed by atoms with Gasteiger partial charge in [0, 0.05) is 23.9 Å². The lowest BCUT2D eigenvalue weighted by atomic mass is 10.2. The van der Waals surface area contributed by atoms with E-state index in [-0.39, 0.29) is 24.4 Å². The Morgan fingerprint density at radius 3 is 2.71 bits per heavy atom. The zero-order chi connectivity index (χ0) is 19.3. The van der Waals surface area contributed by atoms with Crippen LogP contribution in [0.5, 0.6) is 0 Å². The Bertz CT molecular complexity index is 1170. The van der Waals surface area contributed by atoms with Crippen molar-refractivity contribution in [3.05, 3.63) is 81.7 Å². The minimum absolute atomic E-state index is 0.128. The van der Waals surface area contributed by atoms with Crippen LogP contribution in [0.1, 0.15) is 11.4 Å². The molecule has 0 unspecified atom stereocenters. The fourth-order valence-electron chi connectivity index (χ4n) is 2.88. The number of carbonyl (C=O) groups excluding carboxylic acids is 1. The Kier molecular flexibility index (Phi) is 5.25. The quantitative estimate of drug-likeness (QED) is 0.548. The number of benzene rings is 2. The van der Waals surface area contributed by atoms with Gasteiger partial charge in [-0.05, 0) is 12.1 Å². The molecule has 0 radical (unpaired) electrons. The van der Waals surface area contributed by atoms with Gasteiger partial charge in [0.25, 0.3) is 5.56 Å². The molecule has 2 heterocycles. The number of carbonyl (C=O) groups is 1. The molecule has 1 amide bonds. The van der Waals surface area contributed by atoms with Gasteiger partial charge in [0.2, 0.25) is 5.91 Å². The first-order valence-corrected chi connectivity index (χ1v) is 9.79. The highest BCUT2D eigenvalue weighted by Crippen LogP contribution is 2.21. The molecule has 0 spiro atoms. The maximum Gasteiger partial charge on any atom is 0.261 e. The summed E-state index contributed by atoms with van der Waals surface area (Å²) >= 11 is 1.51. The number of nitrogens with one attached hydrogen (secondary N) is 1. The molecule has 0 saturated carbocycles. The molecule has 0 aliphatic rings. The van der Waals surface area contributed by atoms with E-state index in [0.29, 0.717) is 17.4 Å². The Balaban J connectivity index is 1.34. The second-order valence-electron chi connectivity index (χ2n) is 6.28. The van der Waals surface area contributed by atoms with Crippen LogP contribution in [-0.2, 0) is 17.9 Å². The Morgan fingerprint density at radius 2 is 1.86 bits per heavy atom. The number of thiazole rings is 1. The summed E-state index contributed by atoms with van der Waals surface area (Å²) in [4.78, 5) is 33.4. The number of nitrogens with zero attached hydrogens (tertiary/aromatic N) is 3. The topological polar surface area (TPSA) is 76.9 Å². The first kappa shape index (κ1) is 18.1. The number of rotatable bonds is 6. The third-order valence-electron chi connectivity index (χ3n) is 4.37. The van der Waals surface area contributed by atoms with Crippen LogP contribution in [-0.4, -0.2) is 20.4 Å². The lowest BCUT2D eigenvalue weighted by Gasteiger charge is -2.07. The highest BCUT2D eigenvalue weighted by Gasteiger charge is 2.08. The number of amides is 1. The number of aromatic nitrogens is 3. The molecular weight excluding hydrogens is 372 g/mol. The Morgan fingerprint density at radius 1 is 1.07 bits per heavy atom. The van der Waals surface area contributed by atoms with Gasteiger partial charge in [0.15, 0.2) is 0 Å². The maximum absolute atomic E-state index is 12.4. The van der Waals surface area contributed by atoms with Crippen LogP contribution >= 0.6 is 11.3 Å². The van der Waals surface area contributed by atoms with E-state index in [1.165, 1.54) is 22.2 Å². The van der Waals surface area contributed by atoms with Gasteiger partial charge in [-0.2, -0.15) is 0 Å². The van der Waals surface area contributed by atoms with Gasteiger partial charge in [-0.15, -0.1) is 11.3 Å². The molecule has 28 heavy (non-hydrogen) atoms. The molecule has 2 aromatic carbocycles. The first-order chi connectivity index (χ1) is 13.7. The van der Waals surface area contributed by atoms with Gasteiger partial charge in [0.05, 0.1) is 29.5 Å². The number of fused-ring (bicyclic) bond motifs is 1. The predicted molar refractivity (Wildman–Crippen MR) is 110 cm³/mol. The van der Waals surface area contributed by atoms with E-state index in [9.17, 15) is 9.59 Å². The van der Waals surface area contributed by atoms with Gasteiger partial charge < -0.3 is 5.32 Å². The molecule has 0 aliphatic heterocycles. The van der Waals surface area contributed by atoms with E-state index in [2.05, 4.69) is 15.3 Å². The van der Waals surface area contributed by atoms with E-state index < -0.39 is 0 Å². The number of aryl methyl sites for hydroxylation is 1. The Labute approximate surface area is 165 Å². The third-order valence-corrected chi connectivity index (χ3v) is 5.22. The normalized spacial score (nSPS) is 10.9. The lowest BCUT2D eigenvalue weighted by molar-refractivity contribution is -0.121. The van der Waals surface area contributed by atoms with Crippen molar-refractivity contribution >= 4 is 28.1 Å². The van der Waals surface area contributed by atoms with Gasteiger partial charge in [-0.1, -0.05) is 42.5 Å². The van der Waals surface area contributed by atoms with Crippen molar-refractivity contribution in [2.75, 3.05) is 0 Å². The summed E-state index contributed by atoms with van der Waals surface area (Å²) in [5.74, 6) is -0.128. The summed E-state index contributed by atoms with van der Waals surface area (Å²) in [5.41, 5.74) is 2.49. The molecule has 6 nitrogen and oxygen atoms in total. The summed E-state index contributed by atoms with van der Waals surface area (Å²) in [6, 6.07) is 17.1. The van der Waals surface area contributed by atoms with Crippen LogP contribution in [0.25, 0.3) is 22.2 Å². The number of hydrogen-bond donors (Lipinski definition) is 1. The molecule has 0 atom stereocenters. The molecule has 0 bridgehead atoms. The van der Waals surface area contributed by atoms with Gasteiger partial charge in [-0.25, -0.2) is 9.97 Å². The van der Waals surface area contributed by atoms with Crippen LogP contribution in [0.3, 0.4) is 0 Å². The molecule has 1 N–H and O–H groups in total. The van der Waals surface area contributed by atoms with Crippen molar-refractivity contribution in [2.24, 2.45) is 0 Å². The molecule has 0 aliphatic carbocycles. The van der Waals surface area contributed by atoms with E-state index in [1.54, 1.807) is 18.2 Å². The molecule has 4 aromatic rings. The fraction of sp³-hybridized carbons (Fsp3) is 0.143. The largest absolute Gasteiger partial charge is 0.350 e. The summed E-state index contributed by atoms with van der Waals surface area (Å²) < 4.78 is 1.47. The van der Waals surface area contributed by atoms with Crippen molar-refractivity contribution in [3.63, 3.8) is 0 Å². The van der Waals surface area contributed by atoms with Crippen molar-refractivity contribution in [2.45, 2.75) is 19.5 Å². The number of hydrogen-bond acceptors (Lipinski definition) is 5. The van der Waals surface area contributed by atoms with Crippen LogP contribution in [0.2, 0.25) is 0 Å². The zero-order valence-electron chi connectivity index (χ0n) is 15.0. The summed E-state index contributed by atoms with van der Waals surface area (Å²) in [6.07, 6.45) is 1.70. The minimum atomic E-state index is -0.133. The molecule has 4 rings (SSSR count). The molecule has 0 saturated heterocycles. The standard InChI is InChI=1S/C21H18N4O2S/c26-19(10-11-25-14-23-17-9-5-4-8-16(17)21(25)27)22-12-20-24-18(13-28-20)15-6-2-1-3-7-15/h1-9,13-14H,10-12H2,(H,22,26). The van der Waals surface area contributed by atoms with E-state index >= 15 is 0 Å². The highest BCUT2D eigenvalue weighted by atomic mass is 32.1. The van der Waals surface area contributed by atoms with Crippen molar-refractivity contribution < 1.29 is 4.79 Å². The summed E-state index contributed by atoms with van der Waals surface area (Å²) in [7, 11) is 0.